The molecule has 1 aromatic heterocycles. The van der Waals surface area contributed by atoms with Gasteiger partial charge in [0.25, 0.3) is 0 Å². The van der Waals surface area contributed by atoms with Gasteiger partial charge >= 0.3 is 6.47 Å². The summed E-state index contributed by atoms with van der Waals surface area (Å²) in [6, 6.07) is 0. The van der Waals surface area contributed by atoms with Crippen LogP contribution in [0.5, 0.6) is 0 Å². The molecule has 0 amide bonds. The molecular weight excluding hydrogens is 156 g/mol. The molecule has 0 aliphatic heterocycles. The fourth-order valence-corrected chi connectivity index (χ4v) is 0.787. The first-order chi connectivity index (χ1) is 4.74. The maximum atomic E-state index is 9.82. The summed E-state index contributed by atoms with van der Waals surface area (Å²) in [4.78, 5) is 18.0. The lowest BCUT2D eigenvalue weighted by atomic mass is 10.7. The molecule has 0 radical (unpaired) electrons. The van der Waals surface area contributed by atoms with Crippen LogP contribution in [-0.2, 0) is 4.79 Å². The monoisotopic (exact) mass is 160 g/mol. The molecule has 10 heavy (non-hydrogen) atoms. The van der Waals surface area contributed by atoms with Crippen LogP contribution in [0.4, 0.5) is 0 Å². The van der Waals surface area contributed by atoms with E-state index in [4.69, 9.17) is 11.6 Å². The predicted octanol–water partition coefficient (Wildman–Crippen LogP) is 0.430. The zero-order valence-corrected chi connectivity index (χ0v) is 6.00. The molecule has 0 N–H and O–H groups in total. The maximum Gasteiger partial charge on any atom is 0.321 e. The quantitative estimate of drug-likeness (QED) is 0.590. The van der Waals surface area contributed by atoms with E-state index in [9.17, 15) is 4.79 Å². The Labute approximate surface area is 62.3 Å². The SMILES string of the molecule is Cc1nc(Cl)cn1OC=O. The summed E-state index contributed by atoms with van der Waals surface area (Å²) < 4.78 is 1.19. The molecule has 5 heteroatoms. The zero-order valence-electron chi connectivity index (χ0n) is 5.24. The summed E-state index contributed by atoms with van der Waals surface area (Å²) in [5.74, 6) is 0.539. The lowest BCUT2D eigenvalue weighted by Gasteiger charge is -1.95. The molecule has 0 bridgehead atoms. The highest BCUT2D eigenvalue weighted by molar-refractivity contribution is 6.29. The second-order valence-corrected chi connectivity index (χ2v) is 2.03. The molecule has 0 unspecified atom stereocenters. The van der Waals surface area contributed by atoms with E-state index in [1.165, 1.54) is 10.9 Å². The van der Waals surface area contributed by atoms with Crippen molar-refractivity contribution in [3.63, 3.8) is 0 Å². The molecule has 0 atom stereocenters. The molecule has 0 fully saturated rings. The Morgan fingerprint density at radius 1 is 1.90 bits per heavy atom. The van der Waals surface area contributed by atoms with Crippen LogP contribution in [0.3, 0.4) is 0 Å². The summed E-state index contributed by atoms with van der Waals surface area (Å²) in [5.41, 5.74) is 0. The first-order valence-corrected chi connectivity index (χ1v) is 2.94. The average Bonchev–Trinajstić information content (AvgIpc) is 2.13. The smallest absolute Gasteiger partial charge is 0.321 e. The molecule has 1 rings (SSSR count). The molecule has 0 saturated carbocycles. The standard InChI is InChI=1S/C5H5ClN2O2/c1-4-7-5(6)2-8(4)10-3-9/h2-3H,1H3. The number of rotatable bonds is 2. The Balaban J connectivity index is 2.91. The van der Waals surface area contributed by atoms with Crippen molar-refractivity contribution < 1.29 is 9.63 Å². The number of nitrogens with zero attached hydrogens (tertiary/aromatic N) is 2. The van der Waals surface area contributed by atoms with E-state index in [0.717, 1.165) is 0 Å². The summed E-state index contributed by atoms with van der Waals surface area (Å²) in [6.45, 7) is 1.99. The van der Waals surface area contributed by atoms with E-state index in [0.29, 0.717) is 17.4 Å². The van der Waals surface area contributed by atoms with Crippen LogP contribution >= 0.6 is 11.6 Å². The highest BCUT2D eigenvalue weighted by Gasteiger charge is 2.00. The van der Waals surface area contributed by atoms with Crippen LogP contribution < -0.4 is 4.84 Å². The molecule has 0 aliphatic rings. The molecule has 0 saturated heterocycles. The summed E-state index contributed by atoms with van der Waals surface area (Å²) in [6.07, 6.45) is 1.41. The lowest BCUT2D eigenvalue weighted by Crippen LogP contribution is -2.09. The van der Waals surface area contributed by atoms with Gasteiger partial charge in [0, 0.05) is 0 Å². The molecular formula is C5H5ClN2O2. The maximum absolute atomic E-state index is 9.82. The van der Waals surface area contributed by atoms with Gasteiger partial charge in [-0.1, -0.05) is 11.6 Å². The molecule has 54 valence electrons. The van der Waals surface area contributed by atoms with Crippen LogP contribution in [0.1, 0.15) is 5.82 Å². The minimum atomic E-state index is 0.305. The lowest BCUT2D eigenvalue weighted by molar-refractivity contribution is -0.129. The summed E-state index contributed by atoms with van der Waals surface area (Å²) in [7, 11) is 0. The molecule has 1 heterocycles. The van der Waals surface area contributed by atoms with E-state index in [-0.39, 0.29) is 0 Å². The van der Waals surface area contributed by atoms with Crippen molar-refractivity contribution in [2.45, 2.75) is 6.92 Å². The van der Waals surface area contributed by atoms with E-state index in [1.807, 2.05) is 0 Å². The fourth-order valence-electron chi connectivity index (χ4n) is 0.576. The topological polar surface area (TPSA) is 44.1 Å². The minimum absolute atomic E-state index is 0.305. The zero-order chi connectivity index (χ0) is 7.56. The van der Waals surface area contributed by atoms with Gasteiger partial charge in [-0.25, -0.2) is 4.98 Å². The predicted molar refractivity (Wildman–Crippen MR) is 34.6 cm³/mol. The van der Waals surface area contributed by atoms with E-state index in [1.54, 1.807) is 6.92 Å². The van der Waals surface area contributed by atoms with Gasteiger partial charge in [-0.15, -0.1) is 0 Å². The number of carbonyl (C=O) groups excluding carboxylic acids is 1. The van der Waals surface area contributed by atoms with Gasteiger partial charge < -0.3 is 4.84 Å². The molecule has 0 spiro atoms. The third kappa shape index (κ3) is 1.27. The Morgan fingerprint density at radius 3 is 3.00 bits per heavy atom. The van der Waals surface area contributed by atoms with Crippen LogP contribution in [0.25, 0.3) is 0 Å². The minimum Gasteiger partial charge on any atom is -0.339 e. The van der Waals surface area contributed by atoms with Crippen molar-refractivity contribution in [3.8, 4) is 0 Å². The van der Waals surface area contributed by atoms with Gasteiger partial charge in [0.05, 0.1) is 6.20 Å². The van der Waals surface area contributed by atoms with Gasteiger partial charge in [-0.05, 0) is 6.92 Å². The first-order valence-electron chi connectivity index (χ1n) is 2.56. The van der Waals surface area contributed by atoms with Crippen LogP contribution in [0.15, 0.2) is 6.20 Å². The number of aromatic nitrogens is 2. The van der Waals surface area contributed by atoms with Crippen LogP contribution in [0.2, 0.25) is 5.15 Å². The molecule has 1 aromatic rings. The second kappa shape index (κ2) is 2.70. The van der Waals surface area contributed by atoms with Crippen molar-refractivity contribution >= 4 is 18.1 Å². The molecule has 0 aromatic carbocycles. The van der Waals surface area contributed by atoms with Crippen molar-refractivity contribution in [1.29, 1.82) is 0 Å². The largest absolute Gasteiger partial charge is 0.339 e. The highest BCUT2D eigenvalue weighted by Crippen LogP contribution is 2.05. The Morgan fingerprint density at radius 2 is 2.60 bits per heavy atom. The Kier molecular flexibility index (Phi) is 1.91. The third-order valence-corrected chi connectivity index (χ3v) is 1.15. The average molecular weight is 161 g/mol. The number of aryl methyl sites for hydroxylation is 1. The van der Waals surface area contributed by atoms with Gasteiger partial charge in [-0.3, -0.25) is 4.79 Å². The number of hydrogen-bond donors (Lipinski definition) is 0. The van der Waals surface area contributed by atoms with Crippen LogP contribution in [-0.4, -0.2) is 16.2 Å². The Hall–Kier alpha value is -1.03. The number of halogens is 1. The number of hydrogen-bond acceptors (Lipinski definition) is 3. The van der Waals surface area contributed by atoms with Crippen molar-refractivity contribution in [1.82, 2.24) is 9.71 Å². The molecule has 4 nitrogen and oxygen atoms in total. The Bertz CT molecular complexity index is 246. The van der Waals surface area contributed by atoms with Crippen molar-refractivity contribution in [2.75, 3.05) is 0 Å². The number of carbonyl (C=O) groups is 1. The van der Waals surface area contributed by atoms with E-state index < -0.39 is 0 Å². The third-order valence-electron chi connectivity index (χ3n) is 0.968. The van der Waals surface area contributed by atoms with Gasteiger partial charge in [0.15, 0.2) is 5.15 Å². The van der Waals surface area contributed by atoms with Crippen LogP contribution in [0, 0.1) is 6.92 Å². The van der Waals surface area contributed by atoms with E-state index in [2.05, 4.69) is 9.82 Å². The summed E-state index contributed by atoms with van der Waals surface area (Å²) >= 11 is 5.47. The fraction of sp³-hybridized carbons (Fsp3) is 0.200. The van der Waals surface area contributed by atoms with Gasteiger partial charge in [0.2, 0.25) is 0 Å². The van der Waals surface area contributed by atoms with Crippen molar-refractivity contribution in [2.24, 2.45) is 0 Å². The van der Waals surface area contributed by atoms with Gasteiger partial charge in [-0.2, -0.15) is 4.73 Å². The number of imidazole rings is 1. The van der Waals surface area contributed by atoms with Crippen molar-refractivity contribution in [3.05, 3.63) is 17.2 Å². The van der Waals surface area contributed by atoms with Gasteiger partial charge in [0.1, 0.15) is 5.82 Å². The summed E-state index contributed by atoms with van der Waals surface area (Å²) in [5, 5.41) is 0.305. The van der Waals surface area contributed by atoms with E-state index >= 15 is 0 Å². The second-order valence-electron chi connectivity index (χ2n) is 1.64. The first kappa shape index (κ1) is 7.08. The highest BCUT2D eigenvalue weighted by atomic mass is 35.5. The molecule has 0 aliphatic carbocycles. The normalized spacial score (nSPS) is 9.40.